The van der Waals surface area contributed by atoms with Crippen LogP contribution in [0.3, 0.4) is 0 Å². The van der Waals surface area contributed by atoms with Gasteiger partial charge in [-0.2, -0.15) is 11.3 Å². The highest BCUT2D eigenvalue weighted by Crippen LogP contribution is 2.29. The van der Waals surface area contributed by atoms with Crippen LogP contribution in [0, 0.1) is 0 Å². The highest BCUT2D eigenvalue weighted by molar-refractivity contribution is 9.09. The molecule has 0 spiro atoms. The SMILES string of the molecule is Clc1ccccc1C(CBr)CCc1ccsc1. The Kier molecular flexibility index (Phi) is 5.08. The van der Waals surface area contributed by atoms with Gasteiger partial charge in [-0.25, -0.2) is 0 Å². The molecule has 17 heavy (non-hydrogen) atoms. The molecule has 1 heterocycles. The van der Waals surface area contributed by atoms with E-state index in [1.54, 1.807) is 11.3 Å². The molecule has 0 saturated heterocycles. The Bertz CT molecular complexity index is 453. The molecule has 0 saturated carbocycles. The minimum absolute atomic E-state index is 0.489. The van der Waals surface area contributed by atoms with Gasteiger partial charge in [0.2, 0.25) is 0 Å². The molecular formula is C14H14BrClS. The lowest BCUT2D eigenvalue weighted by Crippen LogP contribution is -2.02. The molecule has 0 amide bonds. The van der Waals surface area contributed by atoms with Crippen LogP contribution in [-0.2, 0) is 6.42 Å². The second-order valence-electron chi connectivity index (χ2n) is 4.04. The first-order chi connectivity index (χ1) is 8.31. The summed E-state index contributed by atoms with van der Waals surface area (Å²) in [6.45, 7) is 0. The lowest BCUT2D eigenvalue weighted by Gasteiger charge is -2.15. The predicted octanol–water partition coefficient (Wildman–Crippen LogP) is 5.51. The van der Waals surface area contributed by atoms with Gasteiger partial charge >= 0.3 is 0 Å². The van der Waals surface area contributed by atoms with Gasteiger partial charge in [-0.1, -0.05) is 45.7 Å². The van der Waals surface area contributed by atoms with Crippen LogP contribution < -0.4 is 0 Å². The summed E-state index contributed by atoms with van der Waals surface area (Å²) in [6, 6.07) is 10.3. The van der Waals surface area contributed by atoms with Crippen molar-refractivity contribution in [2.45, 2.75) is 18.8 Å². The number of thiophene rings is 1. The van der Waals surface area contributed by atoms with Crippen molar-refractivity contribution in [2.24, 2.45) is 0 Å². The number of hydrogen-bond acceptors (Lipinski definition) is 1. The summed E-state index contributed by atoms with van der Waals surface area (Å²) in [5.74, 6) is 0.489. The Hall–Kier alpha value is -0.310. The molecule has 0 aliphatic carbocycles. The third-order valence-electron chi connectivity index (χ3n) is 2.89. The van der Waals surface area contributed by atoms with Gasteiger partial charge in [0.1, 0.15) is 0 Å². The van der Waals surface area contributed by atoms with E-state index < -0.39 is 0 Å². The van der Waals surface area contributed by atoms with Crippen LogP contribution in [-0.4, -0.2) is 5.33 Å². The molecule has 2 rings (SSSR count). The van der Waals surface area contributed by atoms with Gasteiger partial charge < -0.3 is 0 Å². The highest BCUT2D eigenvalue weighted by Gasteiger charge is 2.13. The fourth-order valence-corrected chi connectivity index (χ4v) is 3.56. The summed E-state index contributed by atoms with van der Waals surface area (Å²) in [7, 11) is 0. The van der Waals surface area contributed by atoms with E-state index in [0.717, 1.165) is 23.2 Å². The van der Waals surface area contributed by atoms with Crippen LogP contribution in [0.1, 0.15) is 23.5 Å². The molecule has 2 aromatic rings. The average molecular weight is 330 g/mol. The number of alkyl halides is 1. The summed E-state index contributed by atoms with van der Waals surface area (Å²) < 4.78 is 0. The Morgan fingerprint density at radius 2 is 2.06 bits per heavy atom. The van der Waals surface area contributed by atoms with Crippen molar-refractivity contribution in [3.05, 3.63) is 57.2 Å². The quantitative estimate of drug-likeness (QED) is 0.634. The second kappa shape index (κ2) is 6.58. The zero-order chi connectivity index (χ0) is 12.1. The molecule has 1 aromatic carbocycles. The van der Waals surface area contributed by atoms with Crippen LogP contribution in [0.4, 0.5) is 0 Å². The van der Waals surface area contributed by atoms with Crippen molar-refractivity contribution >= 4 is 38.9 Å². The summed E-state index contributed by atoms with van der Waals surface area (Å²) >= 11 is 11.6. The molecule has 1 unspecified atom stereocenters. The van der Waals surface area contributed by atoms with Gasteiger partial charge in [-0.05, 0) is 52.8 Å². The molecular weight excluding hydrogens is 316 g/mol. The number of rotatable bonds is 5. The Labute approximate surface area is 120 Å². The maximum atomic E-state index is 6.24. The minimum atomic E-state index is 0.489. The van der Waals surface area contributed by atoms with Gasteiger partial charge in [0, 0.05) is 10.4 Å². The fourth-order valence-electron chi connectivity index (χ4n) is 1.90. The molecule has 0 bridgehead atoms. The van der Waals surface area contributed by atoms with E-state index in [4.69, 9.17) is 11.6 Å². The Morgan fingerprint density at radius 3 is 2.71 bits per heavy atom. The van der Waals surface area contributed by atoms with E-state index in [2.05, 4.69) is 44.9 Å². The van der Waals surface area contributed by atoms with Crippen molar-refractivity contribution in [2.75, 3.05) is 5.33 Å². The first-order valence-corrected chi connectivity index (χ1v) is 8.07. The van der Waals surface area contributed by atoms with Gasteiger partial charge in [0.05, 0.1) is 0 Å². The number of benzene rings is 1. The predicted molar refractivity (Wildman–Crippen MR) is 80.6 cm³/mol. The molecule has 0 fully saturated rings. The molecule has 0 aliphatic rings. The first-order valence-electron chi connectivity index (χ1n) is 5.62. The van der Waals surface area contributed by atoms with Crippen LogP contribution >= 0.6 is 38.9 Å². The minimum Gasteiger partial charge on any atom is -0.152 e. The van der Waals surface area contributed by atoms with E-state index in [1.165, 1.54) is 11.1 Å². The number of halogens is 2. The molecule has 1 aromatic heterocycles. The van der Waals surface area contributed by atoms with Crippen molar-refractivity contribution in [1.29, 1.82) is 0 Å². The smallest absolute Gasteiger partial charge is 0.0441 e. The third kappa shape index (κ3) is 3.57. The largest absolute Gasteiger partial charge is 0.152 e. The van der Waals surface area contributed by atoms with Crippen LogP contribution in [0.15, 0.2) is 41.1 Å². The van der Waals surface area contributed by atoms with Crippen LogP contribution in [0.5, 0.6) is 0 Å². The van der Waals surface area contributed by atoms with Gasteiger partial charge in [0.25, 0.3) is 0 Å². The van der Waals surface area contributed by atoms with Gasteiger partial charge in [-0.15, -0.1) is 0 Å². The number of aryl methyl sites for hydroxylation is 1. The van der Waals surface area contributed by atoms with E-state index in [-0.39, 0.29) is 0 Å². The molecule has 1 atom stereocenters. The van der Waals surface area contributed by atoms with Crippen LogP contribution in [0.2, 0.25) is 5.02 Å². The third-order valence-corrected chi connectivity index (χ3v) is 4.75. The monoisotopic (exact) mass is 328 g/mol. The summed E-state index contributed by atoms with van der Waals surface area (Å²) in [5.41, 5.74) is 2.68. The zero-order valence-electron chi connectivity index (χ0n) is 9.40. The lowest BCUT2D eigenvalue weighted by molar-refractivity contribution is 0.693. The molecule has 90 valence electrons. The zero-order valence-corrected chi connectivity index (χ0v) is 12.6. The summed E-state index contributed by atoms with van der Waals surface area (Å²) in [5, 5.41) is 6.19. The first kappa shape index (κ1) is 13.1. The Morgan fingerprint density at radius 1 is 1.24 bits per heavy atom. The Balaban J connectivity index is 2.04. The molecule has 3 heteroatoms. The molecule has 0 N–H and O–H groups in total. The topological polar surface area (TPSA) is 0 Å². The highest BCUT2D eigenvalue weighted by atomic mass is 79.9. The van der Waals surface area contributed by atoms with Crippen LogP contribution in [0.25, 0.3) is 0 Å². The lowest BCUT2D eigenvalue weighted by atomic mass is 9.95. The normalized spacial score (nSPS) is 12.6. The van der Waals surface area contributed by atoms with Crippen molar-refractivity contribution in [1.82, 2.24) is 0 Å². The van der Waals surface area contributed by atoms with Crippen molar-refractivity contribution in [3.63, 3.8) is 0 Å². The standard InChI is InChI=1S/C14H14BrClS/c15-9-12(6-5-11-7-8-17-10-11)13-3-1-2-4-14(13)16/h1-4,7-8,10,12H,5-6,9H2. The average Bonchev–Trinajstić information content (AvgIpc) is 2.85. The van der Waals surface area contributed by atoms with Gasteiger partial charge in [0.15, 0.2) is 0 Å². The van der Waals surface area contributed by atoms with Crippen molar-refractivity contribution in [3.8, 4) is 0 Å². The molecule has 0 nitrogen and oxygen atoms in total. The molecule has 0 radical (unpaired) electrons. The van der Waals surface area contributed by atoms with E-state index in [0.29, 0.717) is 5.92 Å². The van der Waals surface area contributed by atoms with E-state index >= 15 is 0 Å². The van der Waals surface area contributed by atoms with E-state index in [1.807, 2.05) is 12.1 Å². The second-order valence-corrected chi connectivity index (χ2v) is 5.88. The fraction of sp³-hybridized carbons (Fsp3) is 0.286. The van der Waals surface area contributed by atoms with E-state index in [9.17, 15) is 0 Å². The maximum absolute atomic E-state index is 6.24. The summed E-state index contributed by atoms with van der Waals surface area (Å²) in [4.78, 5) is 0. The van der Waals surface area contributed by atoms with Gasteiger partial charge in [-0.3, -0.25) is 0 Å². The number of hydrogen-bond donors (Lipinski definition) is 0. The molecule has 0 aliphatic heterocycles. The maximum Gasteiger partial charge on any atom is 0.0441 e. The summed E-state index contributed by atoms with van der Waals surface area (Å²) in [6.07, 6.45) is 2.25. The van der Waals surface area contributed by atoms with Crippen molar-refractivity contribution < 1.29 is 0 Å².